The highest BCUT2D eigenvalue weighted by atomic mass is 31.3. The molecule has 2 aliphatic heterocycles. The van der Waals surface area contributed by atoms with Crippen molar-refractivity contribution in [2.45, 2.75) is 179 Å². The Morgan fingerprint density at radius 3 is 2.18 bits per heavy atom. The van der Waals surface area contributed by atoms with Crippen molar-refractivity contribution in [3.8, 4) is 0 Å². The van der Waals surface area contributed by atoms with Gasteiger partial charge in [0, 0.05) is 19.0 Å². The lowest BCUT2D eigenvalue weighted by Gasteiger charge is -2.21. The average Bonchev–Trinajstić information content (AvgIpc) is 3.93. The highest BCUT2D eigenvalue weighted by Gasteiger charge is 2.46. The van der Waals surface area contributed by atoms with Crippen molar-refractivity contribution in [2.75, 3.05) is 25.6 Å². The lowest BCUT2D eigenvalue weighted by Crippen LogP contribution is -2.36. The predicted molar refractivity (Wildman–Crippen MR) is 242 cm³/mol. The summed E-state index contributed by atoms with van der Waals surface area (Å²) in [5, 5.41) is 20.9. The Balaban J connectivity index is 1.43. The molecule has 6 N–H and O–H groups in total. The van der Waals surface area contributed by atoms with Gasteiger partial charge >= 0.3 is 33.3 Å². The third-order valence-electron chi connectivity index (χ3n) is 10.6. The molecule has 0 radical (unpaired) electrons. The van der Waals surface area contributed by atoms with E-state index in [2.05, 4.69) is 66.5 Å². The Labute approximate surface area is 382 Å². The number of nitrogen functional groups attached to an aromatic ring is 1. The minimum Gasteiger partial charge on any atom is -0.462 e. The van der Waals surface area contributed by atoms with Crippen molar-refractivity contribution in [3.63, 3.8) is 0 Å². The number of nitrogens with zero attached hydrogens (tertiary/aromatic N) is 2. The number of ether oxygens (including phenoxy) is 4. The van der Waals surface area contributed by atoms with Crippen molar-refractivity contribution in [1.29, 1.82) is 0 Å². The number of anilines is 1. The number of carbonyl (C=O) groups excluding carboxylic acids is 2. The van der Waals surface area contributed by atoms with Crippen LogP contribution in [0, 0.1) is 5.92 Å². The second-order valence-corrected chi connectivity index (χ2v) is 19.8. The van der Waals surface area contributed by atoms with Gasteiger partial charge in [0.15, 0.2) is 12.3 Å². The van der Waals surface area contributed by atoms with E-state index in [9.17, 15) is 43.5 Å². The molecule has 0 amide bonds. The molecule has 0 saturated carbocycles. The molecule has 21 heteroatoms. The largest absolute Gasteiger partial charge is 0.481 e. The van der Waals surface area contributed by atoms with Crippen LogP contribution in [0.5, 0.6) is 0 Å². The molecular formula is C44H73N3O16P2. The first-order chi connectivity index (χ1) is 31.0. The van der Waals surface area contributed by atoms with Gasteiger partial charge in [0.2, 0.25) is 0 Å². The summed E-state index contributed by atoms with van der Waals surface area (Å²) in [6.07, 6.45) is 21.7. The normalized spacial score (nSPS) is 23.3. The molecule has 1 aromatic heterocycles. The summed E-state index contributed by atoms with van der Waals surface area (Å²) < 4.78 is 62.3. The molecule has 0 spiro atoms. The van der Waals surface area contributed by atoms with Crippen LogP contribution in [0.15, 0.2) is 53.5 Å². The molecule has 0 bridgehead atoms. The number of hydrogen-bond acceptors (Lipinski definition) is 16. The number of esters is 2. The summed E-state index contributed by atoms with van der Waals surface area (Å²) in [6, 6.07) is 1.24. The molecule has 1 aromatic rings. The van der Waals surface area contributed by atoms with Gasteiger partial charge in [-0.05, 0) is 63.4 Å². The van der Waals surface area contributed by atoms with E-state index in [-0.39, 0.29) is 30.9 Å². The summed E-state index contributed by atoms with van der Waals surface area (Å²) in [4.78, 5) is 61.7. The minimum absolute atomic E-state index is 0.0306. The first-order valence-electron chi connectivity index (χ1n) is 23.0. The van der Waals surface area contributed by atoms with Gasteiger partial charge in [-0.25, -0.2) is 13.9 Å². The Morgan fingerprint density at radius 1 is 0.815 bits per heavy atom. The van der Waals surface area contributed by atoms with Gasteiger partial charge < -0.3 is 44.7 Å². The molecule has 65 heavy (non-hydrogen) atoms. The van der Waals surface area contributed by atoms with E-state index in [0.29, 0.717) is 25.2 Å². The van der Waals surface area contributed by atoms with E-state index in [0.717, 1.165) is 75.0 Å². The molecule has 19 nitrogen and oxygen atoms in total. The molecule has 2 saturated heterocycles. The van der Waals surface area contributed by atoms with Crippen LogP contribution in [-0.4, -0.2) is 97.9 Å². The quantitative estimate of drug-likeness (QED) is 0.0147. The fraction of sp³-hybridized carbons (Fsp3) is 0.727. The molecule has 3 rings (SSSR count). The number of rotatable bonds is 35. The van der Waals surface area contributed by atoms with Crippen LogP contribution in [0.25, 0.3) is 0 Å². The molecule has 0 aliphatic carbocycles. The van der Waals surface area contributed by atoms with E-state index in [1.165, 1.54) is 25.3 Å². The lowest BCUT2D eigenvalue weighted by atomic mass is 10.0. The number of aliphatic hydroxyl groups is 2. The van der Waals surface area contributed by atoms with Crippen LogP contribution in [-0.2, 0) is 51.0 Å². The van der Waals surface area contributed by atoms with Gasteiger partial charge in [0.25, 0.3) is 0 Å². The predicted octanol–water partition coefficient (Wildman–Crippen LogP) is 7.28. The van der Waals surface area contributed by atoms with Crippen LogP contribution in [0.4, 0.5) is 5.82 Å². The standard InChI is InChI=1S/C44H73N3O16P2/c1-4-5-6-7-8-9-10-11-12-13-17-20-24-35-36(61-35)25-22-27-39(48)57-30-34(60-40(49)26-21-18-15-14-16-19-23-33(2)3)31-58-64(53,54)63-65(55,56)59-32-37-41(50)42(51)43(62-37)47-29-28-38(45)46-44(47)52/h8-9,11-12,17,20,28-29,33-37,41-43,50-51H,4-7,10,13-16,18-19,21-27,30-32H2,1-3H3,(H,53,54)(H,55,56)(H2,45,46,52)/b9-8-,12-11-,20-17-/t34-,35?,36?,37-,41-,42-,43-/m1/s1. The van der Waals surface area contributed by atoms with Crippen LogP contribution in [0.1, 0.15) is 143 Å². The lowest BCUT2D eigenvalue weighted by molar-refractivity contribution is -0.161. The first-order valence-corrected chi connectivity index (χ1v) is 26.0. The number of phosphoric acid groups is 2. The van der Waals surface area contributed by atoms with Gasteiger partial charge in [0.05, 0.1) is 25.4 Å². The molecule has 0 aromatic carbocycles. The van der Waals surface area contributed by atoms with Crippen molar-refractivity contribution >= 4 is 33.4 Å². The summed E-state index contributed by atoms with van der Waals surface area (Å²) in [7, 11) is -10.9. The Morgan fingerprint density at radius 2 is 1.48 bits per heavy atom. The summed E-state index contributed by atoms with van der Waals surface area (Å²) in [5.41, 5.74) is 4.57. The zero-order valence-electron chi connectivity index (χ0n) is 38.1. The zero-order valence-corrected chi connectivity index (χ0v) is 39.9. The van der Waals surface area contributed by atoms with Crippen molar-refractivity contribution < 1.29 is 71.0 Å². The van der Waals surface area contributed by atoms with Crippen molar-refractivity contribution in [1.82, 2.24) is 9.55 Å². The summed E-state index contributed by atoms with van der Waals surface area (Å²) >= 11 is 0. The zero-order chi connectivity index (χ0) is 47.7. The van der Waals surface area contributed by atoms with E-state index in [1.54, 1.807) is 0 Å². The van der Waals surface area contributed by atoms with Gasteiger partial charge in [-0.2, -0.15) is 9.29 Å². The van der Waals surface area contributed by atoms with E-state index in [1.807, 2.05) is 0 Å². The third kappa shape index (κ3) is 24.0. The van der Waals surface area contributed by atoms with Crippen LogP contribution in [0.2, 0.25) is 0 Å². The smallest absolute Gasteiger partial charge is 0.462 e. The van der Waals surface area contributed by atoms with Gasteiger partial charge in [-0.1, -0.05) is 109 Å². The molecule has 9 atom stereocenters. The maximum absolute atomic E-state index is 12.8. The van der Waals surface area contributed by atoms with Gasteiger partial charge in [0.1, 0.15) is 30.7 Å². The van der Waals surface area contributed by atoms with Crippen molar-refractivity contribution in [2.24, 2.45) is 5.92 Å². The molecule has 2 fully saturated rings. The number of aromatic nitrogens is 2. The van der Waals surface area contributed by atoms with Gasteiger partial charge in [-0.3, -0.25) is 23.2 Å². The van der Waals surface area contributed by atoms with Crippen LogP contribution in [0.3, 0.4) is 0 Å². The summed E-state index contributed by atoms with van der Waals surface area (Å²) in [5.74, 6) is -0.731. The number of carbonyl (C=O) groups is 2. The fourth-order valence-corrected chi connectivity index (χ4v) is 8.99. The highest BCUT2D eigenvalue weighted by Crippen LogP contribution is 2.60. The summed E-state index contributed by atoms with van der Waals surface area (Å²) in [6.45, 7) is 4.20. The molecular weight excluding hydrogens is 888 g/mol. The third-order valence-corrected chi connectivity index (χ3v) is 13.2. The number of hydrogen-bond donors (Lipinski definition) is 5. The van der Waals surface area contributed by atoms with E-state index >= 15 is 0 Å². The monoisotopic (exact) mass is 961 g/mol. The molecule has 3 heterocycles. The van der Waals surface area contributed by atoms with Crippen LogP contribution >= 0.6 is 15.6 Å². The highest BCUT2D eigenvalue weighted by molar-refractivity contribution is 7.61. The Hall–Kier alpha value is -3.06. The fourth-order valence-electron chi connectivity index (χ4n) is 6.88. The number of unbranched alkanes of at least 4 members (excludes halogenated alkanes) is 8. The number of aliphatic hydroxyl groups excluding tert-OH is 2. The SMILES string of the molecule is CCCCC/C=C\C/C=C\C/C=C\CC1OC1CCCC(=O)OC[C@H](COP(=O)(O)OP(=O)(O)OC[C@H]1O[C@@H](n2ccc(N)nc2=O)[C@H](O)[C@@H]1O)OC(=O)CCCCCCCCC(C)C. The Bertz CT molecular complexity index is 1810. The second-order valence-electron chi connectivity index (χ2n) is 16.8. The van der Waals surface area contributed by atoms with E-state index < -0.39 is 83.7 Å². The maximum atomic E-state index is 12.8. The minimum atomic E-state index is -5.43. The number of phosphoric ester groups is 2. The van der Waals surface area contributed by atoms with Crippen molar-refractivity contribution in [3.05, 3.63) is 59.2 Å². The van der Waals surface area contributed by atoms with E-state index in [4.69, 9.17) is 33.7 Å². The molecule has 4 unspecified atom stereocenters. The number of allylic oxidation sites excluding steroid dienone is 5. The van der Waals surface area contributed by atoms with Crippen LogP contribution < -0.4 is 11.4 Å². The van der Waals surface area contributed by atoms with Gasteiger partial charge in [-0.15, -0.1) is 0 Å². The first kappa shape index (κ1) is 56.3. The average molecular weight is 962 g/mol. The number of epoxide rings is 1. The topological polar surface area (TPSA) is 278 Å². The molecule has 370 valence electrons. The Kier molecular flexibility index (Phi) is 26.3. The molecule has 2 aliphatic rings. The second kappa shape index (κ2) is 30.3. The number of nitrogens with two attached hydrogens (primary N) is 1. The maximum Gasteiger partial charge on any atom is 0.481 e.